The molecule has 7 heteroatoms. The lowest BCUT2D eigenvalue weighted by Crippen LogP contribution is -1.96. The van der Waals surface area contributed by atoms with Crippen LogP contribution in [0.25, 0.3) is 10.7 Å². The Hall–Kier alpha value is -0.340. The number of halogens is 2. The van der Waals surface area contributed by atoms with Crippen LogP contribution in [-0.4, -0.2) is 19.6 Å². The first-order chi connectivity index (χ1) is 7.09. The van der Waals surface area contributed by atoms with E-state index in [4.69, 9.17) is 11.6 Å². The molecule has 15 heavy (non-hydrogen) atoms. The van der Waals surface area contributed by atoms with Gasteiger partial charge in [-0.1, -0.05) is 16.1 Å². The predicted molar refractivity (Wildman–Crippen MR) is 68.1 cm³/mol. The maximum Gasteiger partial charge on any atom is 0.174 e. The van der Waals surface area contributed by atoms with Crippen molar-refractivity contribution in [3.05, 3.63) is 20.1 Å². The molecule has 0 radical (unpaired) electrons. The fourth-order valence-corrected chi connectivity index (χ4v) is 2.11. The largest absolute Gasteiger partial charge is 0.231 e. The zero-order valence-corrected chi connectivity index (χ0v) is 11.7. The summed E-state index contributed by atoms with van der Waals surface area (Å²) < 4.78 is 4.73. The molecule has 0 aliphatic heterocycles. The molecule has 0 saturated carbocycles. The van der Waals surface area contributed by atoms with Gasteiger partial charge in [-0.05, 0) is 48.0 Å². The van der Waals surface area contributed by atoms with Crippen molar-refractivity contribution >= 4 is 45.7 Å². The lowest BCUT2D eigenvalue weighted by molar-refractivity contribution is 1.06. The lowest BCUT2D eigenvalue weighted by Gasteiger charge is -2.02. The second kappa shape index (κ2) is 4.26. The molecular formula is C8H6ClIN4S. The SMILES string of the molecule is Cc1nnsc1-c1nc(C)c(I)c(Cl)n1. The molecule has 2 heterocycles. The Kier molecular flexibility index (Phi) is 3.17. The monoisotopic (exact) mass is 352 g/mol. The first-order valence-electron chi connectivity index (χ1n) is 4.08. The Balaban J connectivity index is 2.60. The van der Waals surface area contributed by atoms with Crippen LogP contribution in [0.2, 0.25) is 5.15 Å². The molecule has 2 rings (SSSR count). The minimum Gasteiger partial charge on any atom is -0.231 e. The minimum absolute atomic E-state index is 0.478. The fraction of sp³-hybridized carbons (Fsp3) is 0.250. The third-order valence-corrected chi connectivity index (χ3v) is 4.54. The Labute approximate surface area is 109 Å². The molecule has 0 aromatic carbocycles. The first-order valence-corrected chi connectivity index (χ1v) is 6.31. The van der Waals surface area contributed by atoms with Gasteiger partial charge in [0.15, 0.2) is 5.82 Å². The van der Waals surface area contributed by atoms with E-state index >= 15 is 0 Å². The van der Waals surface area contributed by atoms with Gasteiger partial charge in [0.1, 0.15) is 10.0 Å². The van der Waals surface area contributed by atoms with Gasteiger partial charge in [0.05, 0.1) is 15.0 Å². The first kappa shape index (κ1) is 11.2. The van der Waals surface area contributed by atoms with Gasteiger partial charge in [0.25, 0.3) is 0 Å². The van der Waals surface area contributed by atoms with Gasteiger partial charge < -0.3 is 0 Å². The van der Waals surface area contributed by atoms with Crippen LogP contribution in [0, 0.1) is 17.4 Å². The highest BCUT2D eigenvalue weighted by Gasteiger charge is 2.13. The highest BCUT2D eigenvalue weighted by Crippen LogP contribution is 2.26. The van der Waals surface area contributed by atoms with Gasteiger partial charge in [-0.3, -0.25) is 0 Å². The van der Waals surface area contributed by atoms with E-state index in [1.54, 1.807) is 0 Å². The summed E-state index contributed by atoms with van der Waals surface area (Å²) in [6.07, 6.45) is 0. The van der Waals surface area contributed by atoms with Crippen molar-refractivity contribution in [3.8, 4) is 10.7 Å². The number of hydrogen-bond acceptors (Lipinski definition) is 5. The molecule has 0 fully saturated rings. The van der Waals surface area contributed by atoms with Crippen LogP contribution in [0.1, 0.15) is 11.4 Å². The van der Waals surface area contributed by atoms with Crippen LogP contribution in [0.3, 0.4) is 0 Å². The Morgan fingerprint density at radius 3 is 2.47 bits per heavy atom. The molecule has 0 saturated heterocycles. The van der Waals surface area contributed by atoms with Crippen molar-refractivity contribution in [3.63, 3.8) is 0 Å². The summed E-state index contributed by atoms with van der Waals surface area (Å²) in [5, 5.41) is 4.40. The maximum atomic E-state index is 5.99. The quantitative estimate of drug-likeness (QED) is 0.585. The van der Waals surface area contributed by atoms with Gasteiger partial charge >= 0.3 is 0 Å². The molecule has 0 aliphatic carbocycles. The smallest absolute Gasteiger partial charge is 0.174 e. The highest BCUT2D eigenvalue weighted by molar-refractivity contribution is 14.1. The summed E-state index contributed by atoms with van der Waals surface area (Å²) in [5.41, 5.74) is 1.70. The maximum absolute atomic E-state index is 5.99. The Bertz CT molecular complexity index is 490. The average molecular weight is 353 g/mol. The van der Waals surface area contributed by atoms with Crippen LogP contribution in [0.15, 0.2) is 0 Å². The van der Waals surface area contributed by atoms with Crippen LogP contribution in [0.5, 0.6) is 0 Å². The molecule has 2 aromatic heterocycles. The normalized spacial score (nSPS) is 10.7. The van der Waals surface area contributed by atoms with Gasteiger partial charge in [-0.15, -0.1) is 5.10 Å². The van der Waals surface area contributed by atoms with E-state index in [2.05, 4.69) is 42.1 Å². The third kappa shape index (κ3) is 2.11. The molecule has 0 amide bonds. The summed E-state index contributed by atoms with van der Waals surface area (Å²) in [4.78, 5) is 9.45. The number of rotatable bonds is 1. The number of hydrogen-bond donors (Lipinski definition) is 0. The summed E-state index contributed by atoms with van der Waals surface area (Å²) in [6, 6.07) is 0. The lowest BCUT2D eigenvalue weighted by atomic mass is 10.3. The number of aromatic nitrogens is 4. The molecule has 0 aliphatic rings. The zero-order chi connectivity index (χ0) is 11.0. The van der Waals surface area contributed by atoms with E-state index in [-0.39, 0.29) is 0 Å². The Morgan fingerprint density at radius 1 is 1.20 bits per heavy atom. The van der Waals surface area contributed by atoms with Crippen LogP contribution < -0.4 is 0 Å². The van der Waals surface area contributed by atoms with Crippen molar-refractivity contribution in [2.24, 2.45) is 0 Å². The van der Waals surface area contributed by atoms with E-state index in [0.29, 0.717) is 11.0 Å². The molecule has 4 nitrogen and oxygen atoms in total. The molecular weight excluding hydrogens is 347 g/mol. The minimum atomic E-state index is 0.478. The molecule has 0 spiro atoms. The van der Waals surface area contributed by atoms with Crippen LogP contribution in [0.4, 0.5) is 0 Å². The molecule has 0 bridgehead atoms. The van der Waals surface area contributed by atoms with Crippen LogP contribution in [-0.2, 0) is 0 Å². The standard InChI is InChI=1S/C8H6ClIN4S/c1-3-5(10)7(9)12-8(11-3)6-4(2)13-14-15-6/h1-2H3. The van der Waals surface area contributed by atoms with E-state index in [1.165, 1.54) is 11.5 Å². The van der Waals surface area contributed by atoms with Gasteiger partial charge in [-0.25, -0.2) is 9.97 Å². The van der Waals surface area contributed by atoms with Gasteiger partial charge in [-0.2, -0.15) is 0 Å². The summed E-state index contributed by atoms with van der Waals surface area (Å²) in [6.45, 7) is 3.78. The van der Waals surface area contributed by atoms with E-state index in [0.717, 1.165) is 19.8 Å². The second-order valence-corrected chi connectivity index (χ2v) is 5.12. The summed E-state index contributed by atoms with van der Waals surface area (Å²) in [5.74, 6) is 0.602. The zero-order valence-electron chi connectivity index (χ0n) is 7.95. The third-order valence-electron chi connectivity index (χ3n) is 1.83. The van der Waals surface area contributed by atoms with Crippen molar-refractivity contribution < 1.29 is 0 Å². The number of nitrogens with zero attached hydrogens (tertiary/aromatic N) is 4. The topological polar surface area (TPSA) is 51.6 Å². The van der Waals surface area contributed by atoms with E-state index in [9.17, 15) is 0 Å². The number of aryl methyl sites for hydroxylation is 2. The average Bonchev–Trinajstić information content (AvgIpc) is 2.60. The Morgan fingerprint density at radius 2 is 1.93 bits per heavy atom. The van der Waals surface area contributed by atoms with Crippen molar-refractivity contribution in [2.75, 3.05) is 0 Å². The summed E-state index contributed by atoms with van der Waals surface area (Å²) >= 11 is 9.40. The fourth-order valence-electron chi connectivity index (χ4n) is 1.06. The van der Waals surface area contributed by atoms with Crippen LogP contribution >= 0.6 is 45.7 Å². The molecule has 0 atom stereocenters. The molecule has 0 unspecified atom stereocenters. The predicted octanol–water partition coefficient (Wildman–Crippen LogP) is 2.87. The molecule has 78 valence electrons. The van der Waals surface area contributed by atoms with Crippen molar-refractivity contribution in [1.82, 2.24) is 19.6 Å². The van der Waals surface area contributed by atoms with Gasteiger partial charge in [0, 0.05) is 0 Å². The highest BCUT2D eigenvalue weighted by atomic mass is 127. The van der Waals surface area contributed by atoms with E-state index < -0.39 is 0 Å². The van der Waals surface area contributed by atoms with E-state index in [1.807, 2.05) is 13.8 Å². The van der Waals surface area contributed by atoms with Gasteiger partial charge in [0.2, 0.25) is 0 Å². The molecule has 0 N–H and O–H groups in total. The molecule has 2 aromatic rings. The summed E-state index contributed by atoms with van der Waals surface area (Å²) in [7, 11) is 0. The second-order valence-electron chi connectivity index (χ2n) is 2.92. The van der Waals surface area contributed by atoms with Crippen molar-refractivity contribution in [2.45, 2.75) is 13.8 Å². The van der Waals surface area contributed by atoms with Crippen molar-refractivity contribution in [1.29, 1.82) is 0 Å².